The molecule has 0 bridgehead atoms. The molecule has 6 aliphatic carbocycles. The van der Waals surface area contributed by atoms with E-state index in [9.17, 15) is 19.2 Å². The highest BCUT2D eigenvalue weighted by Gasteiger charge is 2.56. The van der Waals surface area contributed by atoms with Gasteiger partial charge in [-0.15, -0.1) is 0 Å². The Bertz CT molecular complexity index is 1710. The summed E-state index contributed by atoms with van der Waals surface area (Å²) >= 11 is 0. The van der Waals surface area contributed by atoms with Crippen LogP contribution in [-0.4, -0.2) is 83.7 Å². The van der Waals surface area contributed by atoms with Gasteiger partial charge in [0.05, 0.1) is 39.9 Å². The zero-order valence-electron chi connectivity index (χ0n) is 36.8. The number of aliphatic carboxylic acids is 4. The molecule has 0 heterocycles. The summed E-state index contributed by atoms with van der Waals surface area (Å²) in [5, 5.41) is 39.9. The normalized spacial score (nSPS) is 31.4. The lowest BCUT2D eigenvalue weighted by molar-refractivity contribution is -0.143. The summed E-state index contributed by atoms with van der Waals surface area (Å²) in [7, 11) is 3.59. The van der Waals surface area contributed by atoms with Gasteiger partial charge in [-0.3, -0.25) is 19.2 Å². The zero-order chi connectivity index (χ0) is 43.9. The molecule has 61 heavy (non-hydrogen) atoms. The standard InChI is InChI=1S/C41H58N2O2.2C4H6O4/c1-40-20-18-32-30-12-8-28(44-3)24-26(30)6-10-34(32)36(40)14-16-38(40)42-22-5-23-43-39-17-15-37-35-11-7-27-25-29(45-4)9-13-31(27)33(35)19-21-41(37,39)2;2*5-3(6)1-2-4(7)8/h8-9,12-13,24-25,32-39,42-43H,5-7,10-11,14-23H2,1-4H3;2*1-2H2,(H,5,6)(H,7,8)/t32-,33-,34-,35-,36+,37+,38?,39?,40+,41+;;/m1../s1. The second kappa shape index (κ2) is 20.4. The summed E-state index contributed by atoms with van der Waals surface area (Å²) in [6.07, 6.45) is 16.3. The molecular formula is C49H70N2O10. The molecule has 4 saturated carbocycles. The van der Waals surface area contributed by atoms with E-state index in [1.165, 1.54) is 83.5 Å². The summed E-state index contributed by atoms with van der Waals surface area (Å²) < 4.78 is 11.1. The Morgan fingerprint density at radius 3 is 1.30 bits per heavy atom. The minimum absolute atomic E-state index is 0.296. The molecule has 6 N–H and O–H groups in total. The maximum Gasteiger partial charge on any atom is 0.303 e. The van der Waals surface area contributed by atoms with Crippen LogP contribution in [0.2, 0.25) is 0 Å². The van der Waals surface area contributed by atoms with Crippen molar-refractivity contribution in [1.82, 2.24) is 10.6 Å². The Balaban J connectivity index is 0.000000331. The number of rotatable bonds is 14. The second-order valence-electron chi connectivity index (χ2n) is 19.1. The molecule has 4 fully saturated rings. The highest BCUT2D eigenvalue weighted by molar-refractivity contribution is 5.75. The fourth-order valence-corrected chi connectivity index (χ4v) is 13.1. The molecule has 336 valence electrons. The molecule has 6 aliphatic rings. The van der Waals surface area contributed by atoms with Gasteiger partial charge in [0.1, 0.15) is 11.5 Å². The Morgan fingerprint density at radius 2 is 0.951 bits per heavy atom. The number of carboxylic acids is 4. The first-order chi connectivity index (χ1) is 29.2. The van der Waals surface area contributed by atoms with Crippen LogP contribution < -0.4 is 20.1 Å². The van der Waals surface area contributed by atoms with Crippen LogP contribution in [0.15, 0.2) is 36.4 Å². The van der Waals surface area contributed by atoms with E-state index >= 15 is 0 Å². The lowest BCUT2D eigenvalue weighted by Crippen LogP contribution is -2.50. The molecule has 0 aliphatic heterocycles. The molecule has 0 amide bonds. The summed E-state index contributed by atoms with van der Waals surface area (Å²) in [5.74, 6) is 2.76. The number of carbonyl (C=O) groups is 4. The van der Waals surface area contributed by atoms with E-state index in [2.05, 4.69) is 60.9 Å². The SMILES string of the molecule is COc1ccc2c(c1)CC[C@@H]1[C@@H]2CC[C@]2(C)C(NCCCNC3CC[C@H]4[C@@H]5CCc6cc(OC)ccc6[C@H]5CC[C@]34C)CC[C@@H]12.O=C(O)CCC(=O)O.O=C(O)CCC(=O)O. The number of methoxy groups -OCH3 is 2. The Labute approximate surface area is 361 Å². The van der Waals surface area contributed by atoms with E-state index < -0.39 is 23.9 Å². The van der Waals surface area contributed by atoms with Crippen LogP contribution in [0.25, 0.3) is 0 Å². The van der Waals surface area contributed by atoms with Gasteiger partial charge in [0, 0.05) is 12.1 Å². The van der Waals surface area contributed by atoms with Crippen LogP contribution in [-0.2, 0) is 32.0 Å². The zero-order valence-corrected chi connectivity index (χ0v) is 36.8. The molecule has 2 unspecified atom stereocenters. The van der Waals surface area contributed by atoms with E-state index in [0.717, 1.165) is 60.1 Å². The van der Waals surface area contributed by atoms with Crippen LogP contribution >= 0.6 is 0 Å². The molecule has 0 aromatic heterocycles. The van der Waals surface area contributed by atoms with Gasteiger partial charge < -0.3 is 40.5 Å². The number of carboxylic acid groups (broad SMARTS) is 4. The predicted octanol–water partition coefficient (Wildman–Crippen LogP) is 8.29. The summed E-state index contributed by atoms with van der Waals surface area (Å²) in [6, 6.07) is 15.2. The van der Waals surface area contributed by atoms with Gasteiger partial charge in [-0.05, 0) is 189 Å². The molecule has 8 rings (SSSR count). The number of hydrogen-bond donors (Lipinski definition) is 6. The fraction of sp³-hybridized carbons (Fsp3) is 0.673. The highest BCUT2D eigenvalue weighted by atomic mass is 16.5. The van der Waals surface area contributed by atoms with E-state index in [0.29, 0.717) is 22.9 Å². The van der Waals surface area contributed by atoms with Gasteiger partial charge >= 0.3 is 23.9 Å². The molecule has 10 atom stereocenters. The van der Waals surface area contributed by atoms with Crippen molar-refractivity contribution in [3.63, 3.8) is 0 Å². The lowest BCUT2D eigenvalue weighted by Gasteiger charge is -2.51. The average Bonchev–Trinajstić information content (AvgIpc) is 3.77. The van der Waals surface area contributed by atoms with Crippen molar-refractivity contribution < 1.29 is 49.1 Å². The van der Waals surface area contributed by atoms with Crippen LogP contribution in [0.1, 0.15) is 144 Å². The third-order valence-electron chi connectivity index (χ3n) is 16.1. The van der Waals surface area contributed by atoms with Gasteiger partial charge in [-0.25, -0.2) is 0 Å². The van der Waals surface area contributed by atoms with Crippen molar-refractivity contribution in [2.75, 3.05) is 27.3 Å². The van der Waals surface area contributed by atoms with Crippen molar-refractivity contribution in [1.29, 1.82) is 0 Å². The molecule has 0 saturated heterocycles. The first kappa shape index (κ1) is 46.3. The van der Waals surface area contributed by atoms with Gasteiger partial charge in [0.15, 0.2) is 0 Å². The number of nitrogens with one attached hydrogen (secondary N) is 2. The first-order valence-corrected chi connectivity index (χ1v) is 22.9. The van der Waals surface area contributed by atoms with Gasteiger partial charge in [-0.1, -0.05) is 26.0 Å². The minimum atomic E-state index is -1.08. The number of fused-ring (bicyclic) bond motifs is 10. The van der Waals surface area contributed by atoms with Crippen molar-refractivity contribution >= 4 is 23.9 Å². The fourth-order valence-electron chi connectivity index (χ4n) is 13.1. The van der Waals surface area contributed by atoms with Gasteiger partial charge in [0.25, 0.3) is 0 Å². The maximum atomic E-state index is 9.64. The van der Waals surface area contributed by atoms with E-state index in [4.69, 9.17) is 29.9 Å². The minimum Gasteiger partial charge on any atom is -0.497 e. The largest absolute Gasteiger partial charge is 0.497 e. The summed E-state index contributed by atoms with van der Waals surface area (Å²) in [4.78, 5) is 38.6. The number of hydrogen-bond acceptors (Lipinski definition) is 8. The summed E-state index contributed by atoms with van der Waals surface area (Å²) in [6.45, 7) is 7.62. The molecule has 2 aromatic rings. The van der Waals surface area contributed by atoms with E-state index in [1.807, 2.05) is 0 Å². The Kier molecular flexibility index (Phi) is 15.5. The molecule has 2 aromatic carbocycles. The number of aryl methyl sites for hydroxylation is 2. The molecular weight excluding hydrogens is 777 g/mol. The highest BCUT2D eigenvalue weighted by Crippen LogP contribution is 2.62. The lowest BCUT2D eigenvalue weighted by atomic mass is 9.55. The van der Waals surface area contributed by atoms with Crippen molar-refractivity contribution in [2.45, 2.75) is 147 Å². The van der Waals surface area contributed by atoms with E-state index in [1.54, 1.807) is 36.5 Å². The molecule has 12 nitrogen and oxygen atoms in total. The van der Waals surface area contributed by atoms with E-state index in [-0.39, 0.29) is 25.7 Å². The smallest absolute Gasteiger partial charge is 0.303 e. The third-order valence-corrected chi connectivity index (χ3v) is 16.1. The van der Waals surface area contributed by atoms with Gasteiger partial charge in [0.2, 0.25) is 0 Å². The third kappa shape index (κ3) is 10.6. The second-order valence-corrected chi connectivity index (χ2v) is 19.1. The van der Waals surface area contributed by atoms with Crippen LogP contribution in [0.5, 0.6) is 11.5 Å². The molecule has 0 spiro atoms. The molecule has 12 heteroatoms. The van der Waals surface area contributed by atoms with Crippen molar-refractivity contribution in [2.24, 2.45) is 34.5 Å². The maximum absolute atomic E-state index is 9.64. The van der Waals surface area contributed by atoms with Crippen LogP contribution in [0.4, 0.5) is 0 Å². The van der Waals surface area contributed by atoms with Gasteiger partial charge in [-0.2, -0.15) is 0 Å². The monoisotopic (exact) mass is 847 g/mol. The van der Waals surface area contributed by atoms with Crippen LogP contribution in [0, 0.1) is 34.5 Å². The Hall–Kier alpha value is -4.16. The first-order valence-electron chi connectivity index (χ1n) is 22.9. The summed E-state index contributed by atoms with van der Waals surface area (Å²) in [5.41, 5.74) is 7.32. The predicted molar refractivity (Wildman–Crippen MR) is 232 cm³/mol. The quantitative estimate of drug-likeness (QED) is 0.0999. The average molecular weight is 847 g/mol. The van der Waals surface area contributed by atoms with Crippen molar-refractivity contribution in [3.05, 3.63) is 58.7 Å². The Morgan fingerprint density at radius 1 is 0.574 bits per heavy atom. The number of benzene rings is 2. The molecule has 0 radical (unpaired) electrons. The topological polar surface area (TPSA) is 192 Å². The van der Waals surface area contributed by atoms with Crippen LogP contribution in [0.3, 0.4) is 0 Å². The van der Waals surface area contributed by atoms with Crippen molar-refractivity contribution in [3.8, 4) is 11.5 Å². The number of ether oxygens (including phenoxy) is 2.